The summed E-state index contributed by atoms with van der Waals surface area (Å²) in [5.74, 6) is 1.59. The maximum Gasteiger partial charge on any atom is 0.413 e. The molecular weight excluding hydrogens is 440 g/mol. The fourth-order valence-electron chi connectivity index (χ4n) is 4.34. The van der Waals surface area contributed by atoms with E-state index in [4.69, 9.17) is 14.2 Å². The summed E-state index contributed by atoms with van der Waals surface area (Å²) in [6.45, 7) is 1.49. The van der Waals surface area contributed by atoms with Crippen LogP contribution in [0.1, 0.15) is 30.5 Å². The predicted octanol–water partition coefficient (Wildman–Crippen LogP) is 3.58. The number of benzene rings is 1. The predicted molar refractivity (Wildman–Crippen MR) is 125 cm³/mol. The Balaban J connectivity index is 1.99. The number of carbonyl (C=O) groups is 2. The molecule has 0 bridgehead atoms. The summed E-state index contributed by atoms with van der Waals surface area (Å²) >= 11 is 0. The molecule has 1 unspecified atom stereocenters. The number of aromatic nitrogens is 2. The average molecular weight is 466 g/mol. The molecule has 1 aliphatic heterocycles. The van der Waals surface area contributed by atoms with Gasteiger partial charge in [-0.1, -0.05) is 6.07 Å². The summed E-state index contributed by atoms with van der Waals surface area (Å²) in [5, 5.41) is 5.54. The van der Waals surface area contributed by atoms with Crippen molar-refractivity contribution in [3.63, 3.8) is 0 Å². The lowest BCUT2D eigenvalue weighted by atomic mass is 9.95. The normalized spacial score (nSPS) is 14.3. The largest absolute Gasteiger partial charge is 0.493 e. The lowest BCUT2D eigenvalue weighted by Crippen LogP contribution is -2.26. The summed E-state index contributed by atoms with van der Waals surface area (Å²) in [6, 6.07) is 7.27. The number of fused-ring (bicyclic) bond motifs is 4. The Morgan fingerprint density at radius 2 is 1.71 bits per heavy atom. The molecule has 1 aromatic rings. The first-order chi connectivity index (χ1) is 16.4. The minimum Gasteiger partial charge on any atom is -0.493 e. The number of nitrogens with zero attached hydrogens (tertiary/aromatic N) is 2. The highest BCUT2D eigenvalue weighted by molar-refractivity contribution is 5.86. The zero-order valence-corrected chi connectivity index (χ0v) is 19.6. The molecule has 2 N–H and O–H groups in total. The van der Waals surface area contributed by atoms with Gasteiger partial charge in [-0.2, -0.15) is 0 Å². The van der Waals surface area contributed by atoms with E-state index >= 15 is 0 Å². The van der Waals surface area contributed by atoms with Crippen LogP contribution in [0.15, 0.2) is 24.3 Å². The van der Waals surface area contributed by atoms with Gasteiger partial charge in [-0.3, -0.25) is 10.1 Å². The van der Waals surface area contributed by atoms with E-state index in [1.54, 1.807) is 21.3 Å². The molecule has 10 heteroatoms. The van der Waals surface area contributed by atoms with Crippen molar-refractivity contribution in [3.8, 4) is 39.8 Å². The Labute approximate surface area is 196 Å². The molecule has 3 aliphatic rings. The molecule has 4 rings (SSSR count). The molecule has 34 heavy (non-hydrogen) atoms. The van der Waals surface area contributed by atoms with Crippen LogP contribution < -0.4 is 24.8 Å². The lowest BCUT2D eigenvalue weighted by molar-refractivity contribution is -0.119. The van der Waals surface area contributed by atoms with Crippen LogP contribution in [0.25, 0.3) is 22.5 Å². The Morgan fingerprint density at radius 1 is 0.971 bits per heavy atom. The fraction of sp³-hybridized carbons (Fsp3) is 0.333. The number of nitrogens with one attached hydrogen (secondary N) is 2. The smallest absolute Gasteiger partial charge is 0.413 e. The second-order valence-corrected chi connectivity index (χ2v) is 7.75. The van der Waals surface area contributed by atoms with Crippen LogP contribution in [0, 0.1) is 0 Å². The Kier molecular flexibility index (Phi) is 6.40. The number of imidazole rings is 1. The molecule has 0 saturated carbocycles. The van der Waals surface area contributed by atoms with Crippen LogP contribution in [0.2, 0.25) is 0 Å². The Hall–Kier alpha value is -4.08. The molecule has 0 fully saturated rings. The van der Waals surface area contributed by atoms with E-state index in [1.807, 2.05) is 24.3 Å². The average Bonchev–Trinajstić information content (AvgIpc) is 3.03. The van der Waals surface area contributed by atoms with Crippen molar-refractivity contribution in [1.29, 1.82) is 0 Å². The molecule has 0 aromatic heterocycles. The maximum atomic E-state index is 12.1. The van der Waals surface area contributed by atoms with Gasteiger partial charge in [-0.25, -0.2) is 14.8 Å². The van der Waals surface area contributed by atoms with Crippen LogP contribution >= 0.6 is 0 Å². The van der Waals surface area contributed by atoms with Gasteiger partial charge in [0.15, 0.2) is 11.5 Å². The summed E-state index contributed by atoms with van der Waals surface area (Å²) in [6.07, 6.45) is 0.653. The van der Waals surface area contributed by atoms with Crippen LogP contribution in [-0.2, 0) is 16.0 Å². The highest BCUT2D eigenvalue weighted by atomic mass is 16.5. The number of hydrogen-bond donors (Lipinski definition) is 2. The third-order valence-corrected chi connectivity index (χ3v) is 5.76. The van der Waals surface area contributed by atoms with Crippen LogP contribution in [0.3, 0.4) is 0 Å². The third kappa shape index (κ3) is 4.14. The Morgan fingerprint density at radius 3 is 2.35 bits per heavy atom. The zero-order valence-electron chi connectivity index (χ0n) is 19.6. The molecule has 178 valence electrons. The van der Waals surface area contributed by atoms with Crippen molar-refractivity contribution in [2.24, 2.45) is 0 Å². The van der Waals surface area contributed by atoms with Crippen molar-refractivity contribution in [2.45, 2.75) is 25.8 Å². The van der Waals surface area contributed by atoms with Gasteiger partial charge >= 0.3 is 6.09 Å². The van der Waals surface area contributed by atoms with E-state index in [1.165, 1.54) is 14.0 Å². The van der Waals surface area contributed by atoms with Gasteiger partial charge in [-0.15, -0.1) is 0 Å². The van der Waals surface area contributed by atoms with E-state index in [0.29, 0.717) is 41.5 Å². The highest BCUT2D eigenvalue weighted by Gasteiger charge is 2.30. The lowest BCUT2D eigenvalue weighted by Gasteiger charge is -2.19. The number of aryl methyl sites for hydroxylation is 1. The number of rotatable bonds is 5. The van der Waals surface area contributed by atoms with Crippen molar-refractivity contribution in [2.75, 3.05) is 33.8 Å². The molecule has 2 amide bonds. The van der Waals surface area contributed by atoms with Gasteiger partial charge < -0.3 is 24.3 Å². The van der Waals surface area contributed by atoms with Gasteiger partial charge in [0.1, 0.15) is 0 Å². The van der Waals surface area contributed by atoms with E-state index in [2.05, 4.69) is 25.3 Å². The number of methoxy groups -OCH3 is 4. The summed E-state index contributed by atoms with van der Waals surface area (Å²) in [5.41, 5.74) is 4.69. The van der Waals surface area contributed by atoms with Gasteiger partial charge in [0.05, 0.1) is 45.9 Å². The van der Waals surface area contributed by atoms with Crippen molar-refractivity contribution < 1.29 is 28.5 Å². The number of carbonyl (C=O) groups excluding carboxylic acids is 2. The van der Waals surface area contributed by atoms with Crippen molar-refractivity contribution in [3.05, 3.63) is 35.4 Å². The number of anilines is 1. The molecule has 0 saturated heterocycles. The van der Waals surface area contributed by atoms with Crippen LogP contribution in [0.4, 0.5) is 10.7 Å². The number of amides is 2. The SMILES string of the molecule is COC(=O)Nc1nc2ccc3c(cc-2n1)C(NC(C)=O)CCc1cc(OC)c(OC)c(OC)c1-3. The third-order valence-electron chi connectivity index (χ3n) is 5.76. The van der Waals surface area contributed by atoms with Gasteiger partial charge in [0.2, 0.25) is 17.6 Å². The molecular formula is C24H26N4O6. The number of hydrogen-bond acceptors (Lipinski definition) is 8. The quantitative estimate of drug-likeness (QED) is 0.585. The van der Waals surface area contributed by atoms with Gasteiger partial charge in [0, 0.05) is 12.5 Å². The summed E-state index contributed by atoms with van der Waals surface area (Å²) in [7, 11) is 6.00. The monoisotopic (exact) mass is 466 g/mol. The van der Waals surface area contributed by atoms with Gasteiger partial charge in [0.25, 0.3) is 0 Å². The van der Waals surface area contributed by atoms with Crippen LogP contribution in [-0.4, -0.2) is 50.4 Å². The van der Waals surface area contributed by atoms with E-state index in [9.17, 15) is 9.59 Å². The first-order valence-electron chi connectivity index (χ1n) is 10.7. The zero-order chi connectivity index (χ0) is 24.4. The Bertz CT molecular complexity index is 1230. The minimum absolute atomic E-state index is 0.135. The summed E-state index contributed by atoms with van der Waals surface area (Å²) in [4.78, 5) is 32.5. The molecule has 0 spiro atoms. The van der Waals surface area contributed by atoms with Crippen molar-refractivity contribution >= 4 is 17.9 Å². The standard InChI is InChI=1S/C24H26N4O6/c1-12(29)25-16-8-6-13-10-19(31-2)21(32-3)22(33-4)20(13)14-7-9-17-18(11-15(14)16)27-23(26-17)28-24(30)34-5/h7,9-11,16H,6,8H2,1-5H3,(H,25,29)(H,26,27,28,30). The molecule has 1 aromatic carbocycles. The second-order valence-electron chi connectivity index (χ2n) is 7.75. The number of ether oxygens (including phenoxy) is 4. The maximum absolute atomic E-state index is 12.1. The first kappa shape index (κ1) is 23.1. The van der Waals surface area contributed by atoms with E-state index in [-0.39, 0.29) is 17.9 Å². The molecule has 1 heterocycles. The van der Waals surface area contributed by atoms with E-state index < -0.39 is 6.09 Å². The highest BCUT2D eigenvalue weighted by Crippen LogP contribution is 2.50. The molecule has 10 nitrogen and oxygen atoms in total. The van der Waals surface area contributed by atoms with E-state index in [0.717, 1.165) is 22.3 Å². The first-order valence-corrected chi connectivity index (χ1v) is 10.7. The molecule has 0 radical (unpaired) electrons. The fourth-order valence-corrected chi connectivity index (χ4v) is 4.34. The second kappa shape index (κ2) is 9.42. The van der Waals surface area contributed by atoms with Crippen LogP contribution in [0.5, 0.6) is 17.2 Å². The van der Waals surface area contributed by atoms with Gasteiger partial charge in [-0.05, 0) is 47.7 Å². The minimum atomic E-state index is -0.658. The summed E-state index contributed by atoms with van der Waals surface area (Å²) < 4.78 is 21.6. The topological polar surface area (TPSA) is 121 Å². The molecule has 1 atom stereocenters. The molecule has 2 aliphatic carbocycles. The van der Waals surface area contributed by atoms with Crippen molar-refractivity contribution in [1.82, 2.24) is 15.3 Å².